The fourth-order valence-corrected chi connectivity index (χ4v) is 2.23. The Bertz CT molecular complexity index is 600. The minimum atomic E-state index is 0.500. The van der Waals surface area contributed by atoms with Gasteiger partial charge < -0.3 is 10.6 Å². The standard InChI is InChI=1S/C15H17Cl2N3/c1-3-8-18-14-11(16)9-12(17)15(20-14)19-13-7-5-4-6-10(13)2/h4-7,9H,3,8H2,1-2H3,(H2,18,19,20). The number of anilines is 3. The molecule has 0 aliphatic heterocycles. The zero-order chi connectivity index (χ0) is 14.5. The zero-order valence-corrected chi connectivity index (χ0v) is 13.0. The largest absolute Gasteiger partial charge is 0.369 e. The Morgan fingerprint density at radius 3 is 2.50 bits per heavy atom. The third-order valence-electron chi connectivity index (χ3n) is 2.87. The molecule has 0 saturated heterocycles. The van der Waals surface area contributed by atoms with E-state index in [0.717, 1.165) is 24.2 Å². The van der Waals surface area contributed by atoms with Gasteiger partial charge in [-0.2, -0.15) is 0 Å². The SMILES string of the molecule is CCCNc1nc(Nc2ccccc2C)c(Cl)cc1Cl. The van der Waals surface area contributed by atoms with Gasteiger partial charge in [-0.25, -0.2) is 4.98 Å². The van der Waals surface area contributed by atoms with E-state index in [0.29, 0.717) is 21.7 Å². The Kier molecular flexibility index (Phi) is 5.10. The number of para-hydroxylation sites is 1. The van der Waals surface area contributed by atoms with Crippen LogP contribution in [0.2, 0.25) is 10.0 Å². The summed E-state index contributed by atoms with van der Waals surface area (Å²) < 4.78 is 0. The van der Waals surface area contributed by atoms with Crippen LogP contribution in [-0.2, 0) is 0 Å². The highest BCUT2D eigenvalue weighted by Gasteiger charge is 2.10. The summed E-state index contributed by atoms with van der Waals surface area (Å²) in [5, 5.41) is 7.46. The van der Waals surface area contributed by atoms with Gasteiger partial charge in [0.1, 0.15) is 5.82 Å². The Labute approximate surface area is 129 Å². The molecule has 106 valence electrons. The second-order valence-electron chi connectivity index (χ2n) is 4.52. The number of nitrogens with zero attached hydrogens (tertiary/aromatic N) is 1. The first kappa shape index (κ1) is 14.9. The third kappa shape index (κ3) is 3.56. The molecule has 0 radical (unpaired) electrons. The number of halogens is 2. The molecule has 3 nitrogen and oxygen atoms in total. The summed E-state index contributed by atoms with van der Waals surface area (Å²) in [6, 6.07) is 9.68. The number of aryl methyl sites for hydroxylation is 1. The average Bonchev–Trinajstić information content (AvgIpc) is 2.43. The summed E-state index contributed by atoms with van der Waals surface area (Å²) in [6.45, 7) is 4.93. The first-order chi connectivity index (χ1) is 9.61. The minimum Gasteiger partial charge on any atom is -0.369 e. The second-order valence-corrected chi connectivity index (χ2v) is 5.33. The van der Waals surface area contributed by atoms with Crippen molar-refractivity contribution in [2.45, 2.75) is 20.3 Å². The molecule has 0 aliphatic carbocycles. The van der Waals surface area contributed by atoms with E-state index in [1.165, 1.54) is 0 Å². The van der Waals surface area contributed by atoms with Crippen molar-refractivity contribution in [3.05, 3.63) is 45.9 Å². The molecule has 0 unspecified atom stereocenters. The van der Waals surface area contributed by atoms with Crippen LogP contribution in [0, 0.1) is 6.92 Å². The molecule has 2 N–H and O–H groups in total. The predicted octanol–water partition coefficient (Wildman–Crippen LogP) is 5.26. The van der Waals surface area contributed by atoms with Gasteiger partial charge in [0, 0.05) is 12.2 Å². The van der Waals surface area contributed by atoms with Crippen LogP contribution in [0.15, 0.2) is 30.3 Å². The number of rotatable bonds is 5. The van der Waals surface area contributed by atoms with Gasteiger partial charge in [0.25, 0.3) is 0 Å². The highest BCUT2D eigenvalue weighted by atomic mass is 35.5. The van der Waals surface area contributed by atoms with Crippen LogP contribution in [0.5, 0.6) is 0 Å². The summed E-state index contributed by atoms with van der Waals surface area (Å²) in [7, 11) is 0. The van der Waals surface area contributed by atoms with Gasteiger partial charge in [0.2, 0.25) is 0 Å². The van der Waals surface area contributed by atoms with Crippen molar-refractivity contribution in [2.24, 2.45) is 0 Å². The molecule has 0 amide bonds. The summed E-state index contributed by atoms with van der Waals surface area (Å²) in [5.41, 5.74) is 2.11. The van der Waals surface area contributed by atoms with Crippen molar-refractivity contribution >= 4 is 40.5 Å². The smallest absolute Gasteiger partial charge is 0.151 e. The molecule has 20 heavy (non-hydrogen) atoms. The molecular weight excluding hydrogens is 293 g/mol. The summed E-state index contributed by atoms with van der Waals surface area (Å²) in [5.74, 6) is 1.25. The first-order valence-corrected chi connectivity index (χ1v) is 7.30. The number of pyridine rings is 1. The number of hydrogen-bond acceptors (Lipinski definition) is 3. The van der Waals surface area contributed by atoms with Gasteiger partial charge in [-0.15, -0.1) is 0 Å². The first-order valence-electron chi connectivity index (χ1n) is 6.54. The fraction of sp³-hybridized carbons (Fsp3) is 0.267. The van der Waals surface area contributed by atoms with E-state index in [9.17, 15) is 0 Å². The molecule has 2 rings (SSSR count). The number of nitrogens with one attached hydrogen (secondary N) is 2. The molecule has 0 aliphatic rings. The maximum absolute atomic E-state index is 6.20. The van der Waals surface area contributed by atoms with Gasteiger partial charge in [0.05, 0.1) is 10.0 Å². The lowest BCUT2D eigenvalue weighted by atomic mass is 10.2. The van der Waals surface area contributed by atoms with Gasteiger partial charge in [0.15, 0.2) is 5.82 Å². The van der Waals surface area contributed by atoms with Crippen molar-refractivity contribution in [3.8, 4) is 0 Å². The van der Waals surface area contributed by atoms with E-state index in [2.05, 4.69) is 22.5 Å². The van der Waals surface area contributed by atoms with Crippen LogP contribution in [0.4, 0.5) is 17.3 Å². The van der Waals surface area contributed by atoms with Gasteiger partial charge in [-0.3, -0.25) is 0 Å². The van der Waals surface area contributed by atoms with Crippen LogP contribution >= 0.6 is 23.2 Å². The van der Waals surface area contributed by atoms with Crippen molar-refractivity contribution in [2.75, 3.05) is 17.2 Å². The van der Waals surface area contributed by atoms with Crippen LogP contribution in [-0.4, -0.2) is 11.5 Å². The van der Waals surface area contributed by atoms with Crippen molar-refractivity contribution in [3.63, 3.8) is 0 Å². The average molecular weight is 310 g/mol. The summed E-state index contributed by atoms with van der Waals surface area (Å²) >= 11 is 12.3. The van der Waals surface area contributed by atoms with Crippen LogP contribution in [0.1, 0.15) is 18.9 Å². The Hall–Kier alpha value is -1.45. The second kappa shape index (κ2) is 6.82. The third-order valence-corrected chi connectivity index (χ3v) is 3.45. The van der Waals surface area contributed by atoms with E-state index in [4.69, 9.17) is 23.2 Å². The van der Waals surface area contributed by atoms with Crippen LogP contribution < -0.4 is 10.6 Å². The van der Waals surface area contributed by atoms with E-state index < -0.39 is 0 Å². The molecule has 1 aromatic carbocycles. The normalized spacial score (nSPS) is 10.4. The quantitative estimate of drug-likeness (QED) is 0.790. The highest BCUT2D eigenvalue weighted by Crippen LogP contribution is 2.31. The molecule has 1 aromatic heterocycles. The van der Waals surface area contributed by atoms with Crippen LogP contribution in [0.3, 0.4) is 0 Å². The number of benzene rings is 1. The summed E-state index contributed by atoms with van der Waals surface area (Å²) in [4.78, 5) is 4.46. The molecule has 0 spiro atoms. The Morgan fingerprint density at radius 2 is 1.80 bits per heavy atom. The van der Waals surface area contributed by atoms with Crippen molar-refractivity contribution in [1.82, 2.24) is 4.98 Å². The molecule has 2 aromatic rings. The fourth-order valence-electron chi connectivity index (χ4n) is 1.76. The maximum atomic E-state index is 6.20. The van der Waals surface area contributed by atoms with E-state index >= 15 is 0 Å². The Balaban J connectivity index is 2.29. The highest BCUT2D eigenvalue weighted by molar-refractivity contribution is 6.37. The number of aromatic nitrogens is 1. The zero-order valence-electron chi connectivity index (χ0n) is 11.5. The minimum absolute atomic E-state index is 0.500. The van der Waals surface area contributed by atoms with Gasteiger partial charge in [-0.05, 0) is 31.0 Å². The molecule has 5 heteroatoms. The predicted molar refractivity (Wildman–Crippen MR) is 87.5 cm³/mol. The topological polar surface area (TPSA) is 37.0 Å². The molecule has 0 saturated carbocycles. The van der Waals surface area contributed by atoms with E-state index in [1.807, 2.05) is 31.2 Å². The van der Waals surface area contributed by atoms with Gasteiger partial charge >= 0.3 is 0 Å². The van der Waals surface area contributed by atoms with Gasteiger partial charge in [-0.1, -0.05) is 48.3 Å². The maximum Gasteiger partial charge on any atom is 0.151 e. The lowest BCUT2D eigenvalue weighted by Crippen LogP contribution is -2.05. The molecule has 0 fully saturated rings. The molecule has 0 atom stereocenters. The lowest BCUT2D eigenvalue weighted by molar-refractivity contribution is 0.970. The molecule has 0 bridgehead atoms. The molecular formula is C15H17Cl2N3. The lowest BCUT2D eigenvalue weighted by Gasteiger charge is -2.13. The monoisotopic (exact) mass is 309 g/mol. The van der Waals surface area contributed by atoms with Crippen LogP contribution in [0.25, 0.3) is 0 Å². The molecule has 1 heterocycles. The van der Waals surface area contributed by atoms with E-state index in [1.54, 1.807) is 6.07 Å². The van der Waals surface area contributed by atoms with E-state index in [-0.39, 0.29) is 0 Å². The van der Waals surface area contributed by atoms with Crippen molar-refractivity contribution < 1.29 is 0 Å². The Morgan fingerprint density at radius 1 is 1.10 bits per heavy atom. The van der Waals surface area contributed by atoms with Crippen molar-refractivity contribution in [1.29, 1.82) is 0 Å². The summed E-state index contributed by atoms with van der Waals surface area (Å²) in [6.07, 6.45) is 1.00. The number of hydrogen-bond donors (Lipinski definition) is 2.